The largest absolute Gasteiger partial charge is 0.458 e. The molecule has 26 heavy (non-hydrogen) atoms. The summed E-state index contributed by atoms with van der Waals surface area (Å²) in [7, 11) is 1.62. The van der Waals surface area contributed by atoms with Gasteiger partial charge >= 0.3 is 5.97 Å². The van der Waals surface area contributed by atoms with Crippen LogP contribution in [-0.2, 0) is 23.7 Å². The second kappa shape index (κ2) is 14.2. The fourth-order valence-electron chi connectivity index (χ4n) is 2.87. The van der Waals surface area contributed by atoms with Gasteiger partial charge in [0.05, 0.1) is 24.9 Å². The molecule has 5 unspecified atom stereocenters. The summed E-state index contributed by atoms with van der Waals surface area (Å²) in [6.45, 7) is 16.6. The Balaban J connectivity index is 4.17. The first-order chi connectivity index (χ1) is 12.2. The summed E-state index contributed by atoms with van der Waals surface area (Å²) in [5.41, 5.74) is 1.04. The van der Waals surface area contributed by atoms with Crippen LogP contribution in [0.3, 0.4) is 0 Å². The molecule has 0 amide bonds. The van der Waals surface area contributed by atoms with Crippen molar-refractivity contribution >= 4 is 5.97 Å². The third kappa shape index (κ3) is 11.7. The van der Waals surface area contributed by atoms with Crippen molar-refractivity contribution in [2.75, 3.05) is 20.3 Å². The Morgan fingerprint density at radius 3 is 2.15 bits per heavy atom. The lowest BCUT2D eigenvalue weighted by Gasteiger charge is -2.24. The molecule has 0 saturated carbocycles. The standard InChI is InChI=1S/C21H40O5/c1-9-19(25-13-15(3)4)12-16(5)11-17(6)24-14-21(22)26-20(10-2)18(7)23-8/h16-20H,3,9-14H2,1-2,4-8H3. The summed E-state index contributed by atoms with van der Waals surface area (Å²) >= 11 is 0. The van der Waals surface area contributed by atoms with Gasteiger partial charge in [0, 0.05) is 7.11 Å². The van der Waals surface area contributed by atoms with Crippen LogP contribution in [0.1, 0.15) is 67.2 Å². The molecule has 0 heterocycles. The van der Waals surface area contributed by atoms with E-state index in [0.29, 0.717) is 12.5 Å². The number of ether oxygens (including phenoxy) is 4. The summed E-state index contributed by atoms with van der Waals surface area (Å²) in [5.74, 6) is 0.115. The molecule has 0 aromatic heterocycles. The molecule has 5 atom stereocenters. The SMILES string of the molecule is C=C(C)COC(CC)CC(C)CC(C)OCC(=O)OC(CC)C(C)OC. The molecule has 0 radical (unpaired) electrons. The minimum Gasteiger partial charge on any atom is -0.458 e. The highest BCUT2D eigenvalue weighted by molar-refractivity contribution is 5.70. The van der Waals surface area contributed by atoms with Crippen LogP contribution in [0.15, 0.2) is 12.2 Å². The van der Waals surface area contributed by atoms with Gasteiger partial charge in [-0.3, -0.25) is 0 Å². The van der Waals surface area contributed by atoms with Gasteiger partial charge in [0.1, 0.15) is 12.7 Å². The van der Waals surface area contributed by atoms with Crippen molar-refractivity contribution in [3.05, 3.63) is 12.2 Å². The number of carbonyl (C=O) groups excluding carboxylic acids is 1. The number of hydrogen-bond donors (Lipinski definition) is 0. The van der Waals surface area contributed by atoms with Gasteiger partial charge in [-0.05, 0) is 52.4 Å². The van der Waals surface area contributed by atoms with Crippen LogP contribution in [0.5, 0.6) is 0 Å². The summed E-state index contributed by atoms with van der Waals surface area (Å²) in [6.07, 6.45) is 3.44. The molecule has 0 saturated heterocycles. The first-order valence-corrected chi connectivity index (χ1v) is 9.83. The van der Waals surface area contributed by atoms with Gasteiger partial charge in [0.2, 0.25) is 0 Å². The minimum absolute atomic E-state index is 0.00359. The minimum atomic E-state index is -0.337. The molecular formula is C21H40O5. The Morgan fingerprint density at radius 1 is 1.00 bits per heavy atom. The van der Waals surface area contributed by atoms with E-state index in [1.807, 2.05) is 27.7 Å². The second-order valence-electron chi connectivity index (χ2n) is 7.37. The Labute approximate surface area is 160 Å². The van der Waals surface area contributed by atoms with Crippen LogP contribution in [0.25, 0.3) is 0 Å². The maximum atomic E-state index is 12.0. The third-order valence-corrected chi connectivity index (χ3v) is 4.49. The zero-order chi connectivity index (χ0) is 20.1. The van der Waals surface area contributed by atoms with Crippen LogP contribution < -0.4 is 0 Å². The molecule has 0 aliphatic carbocycles. The predicted molar refractivity (Wildman–Crippen MR) is 105 cm³/mol. The fraction of sp³-hybridized carbons (Fsp3) is 0.857. The fourth-order valence-corrected chi connectivity index (χ4v) is 2.87. The Morgan fingerprint density at radius 2 is 1.65 bits per heavy atom. The normalized spacial score (nSPS) is 17.2. The molecule has 0 aromatic rings. The van der Waals surface area contributed by atoms with E-state index in [2.05, 4.69) is 20.4 Å². The molecule has 0 N–H and O–H groups in total. The van der Waals surface area contributed by atoms with Gasteiger partial charge in [-0.25, -0.2) is 4.79 Å². The molecule has 0 aromatic carbocycles. The first kappa shape index (κ1) is 25.1. The number of rotatable bonds is 15. The van der Waals surface area contributed by atoms with Gasteiger partial charge in [-0.1, -0.05) is 32.9 Å². The number of carbonyl (C=O) groups is 1. The Kier molecular flexibility index (Phi) is 13.7. The first-order valence-electron chi connectivity index (χ1n) is 9.83. The van der Waals surface area contributed by atoms with Gasteiger partial charge in [0.25, 0.3) is 0 Å². The van der Waals surface area contributed by atoms with Gasteiger partial charge in [-0.15, -0.1) is 0 Å². The van der Waals surface area contributed by atoms with Crippen LogP contribution >= 0.6 is 0 Å². The zero-order valence-corrected chi connectivity index (χ0v) is 17.9. The maximum Gasteiger partial charge on any atom is 0.332 e. The van der Waals surface area contributed by atoms with E-state index in [0.717, 1.165) is 31.3 Å². The van der Waals surface area contributed by atoms with E-state index in [-0.39, 0.29) is 37.0 Å². The smallest absolute Gasteiger partial charge is 0.332 e. The molecule has 0 spiro atoms. The average molecular weight is 373 g/mol. The summed E-state index contributed by atoms with van der Waals surface area (Å²) in [4.78, 5) is 12.0. The highest BCUT2D eigenvalue weighted by Crippen LogP contribution is 2.19. The molecule has 154 valence electrons. The topological polar surface area (TPSA) is 54.0 Å². The van der Waals surface area contributed by atoms with Crippen LogP contribution in [0.4, 0.5) is 0 Å². The molecule has 0 rings (SSSR count). The van der Waals surface area contributed by atoms with Crippen molar-refractivity contribution in [2.24, 2.45) is 5.92 Å². The van der Waals surface area contributed by atoms with Crippen molar-refractivity contribution in [2.45, 2.75) is 91.6 Å². The molecule has 0 bridgehead atoms. The van der Waals surface area contributed by atoms with Gasteiger partial charge < -0.3 is 18.9 Å². The summed E-state index contributed by atoms with van der Waals surface area (Å²) in [6, 6.07) is 0. The predicted octanol–water partition coefficient (Wildman–Crippen LogP) is 4.54. The molecular weight excluding hydrogens is 332 g/mol. The molecule has 5 heteroatoms. The lowest BCUT2D eigenvalue weighted by molar-refractivity contribution is -0.163. The number of hydrogen-bond acceptors (Lipinski definition) is 5. The molecule has 5 nitrogen and oxygen atoms in total. The van der Waals surface area contributed by atoms with E-state index in [1.165, 1.54) is 0 Å². The molecule has 0 aliphatic heterocycles. The van der Waals surface area contributed by atoms with Crippen molar-refractivity contribution in [1.82, 2.24) is 0 Å². The third-order valence-electron chi connectivity index (χ3n) is 4.49. The van der Waals surface area contributed by atoms with E-state index in [4.69, 9.17) is 18.9 Å². The van der Waals surface area contributed by atoms with Crippen molar-refractivity contribution < 1.29 is 23.7 Å². The molecule has 0 aliphatic rings. The zero-order valence-electron chi connectivity index (χ0n) is 17.9. The van der Waals surface area contributed by atoms with Crippen molar-refractivity contribution in [3.63, 3.8) is 0 Å². The van der Waals surface area contributed by atoms with E-state index in [9.17, 15) is 4.79 Å². The van der Waals surface area contributed by atoms with Crippen molar-refractivity contribution in [3.8, 4) is 0 Å². The lowest BCUT2D eigenvalue weighted by atomic mass is 9.96. The Hall–Kier alpha value is -0.910. The maximum absolute atomic E-state index is 12.0. The van der Waals surface area contributed by atoms with Crippen LogP contribution in [-0.4, -0.2) is 50.7 Å². The average Bonchev–Trinajstić information content (AvgIpc) is 2.60. The highest BCUT2D eigenvalue weighted by atomic mass is 16.6. The number of esters is 1. The molecule has 0 fully saturated rings. The van der Waals surface area contributed by atoms with Gasteiger partial charge in [-0.2, -0.15) is 0 Å². The summed E-state index contributed by atoms with van der Waals surface area (Å²) < 4.78 is 22.2. The van der Waals surface area contributed by atoms with Crippen LogP contribution in [0.2, 0.25) is 0 Å². The number of methoxy groups -OCH3 is 1. The summed E-state index contributed by atoms with van der Waals surface area (Å²) in [5, 5.41) is 0. The highest BCUT2D eigenvalue weighted by Gasteiger charge is 2.21. The van der Waals surface area contributed by atoms with E-state index < -0.39 is 0 Å². The Bertz CT molecular complexity index is 396. The van der Waals surface area contributed by atoms with Gasteiger partial charge in [0.15, 0.2) is 0 Å². The van der Waals surface area contributed by atoms with E-state index >= 15 is 0 Å². The van der Waals surface area contributed by atoms with Crippen LogP contribution in [0, 0.1) is 5.92 Å². The van der Waals surface area contributed by atoms with Crippen molar-refractivity contribution in [1.29, 1.82) is 0 Å². The second-order valence-corrected chi connectivity index (χ2v) is 7.37. The van der Waals surface area contributed by atoms with E-state index in [1.54, 1.807) is 7.11 Å². The monoisotopic (exact) mass is 372 g/mol. The quantitative estimate of drug-likeness (QED) is 0.312. The lowest BCUT2D eigenvalue weighted by Crippen LogP contribution is -2.32.